The molecule has 12 heavy (non-hydrogen) atoms. The first-order valence-electron chi connectivity index (χ1n) is 4.50. The van der Waals surface area contributed by atoms with Gasteiger partial charge >= 0.3 is 6.03 Å². The van der Waals surface area contributed by atoms with Crippen molar-refractivity contribution < 1.29 is 4.79 Å². The lowest BCUT2D eigenvalue weighted by Gasteiger charge is -2.18. The lowest BCUT2D eigenvalue weighted by atomic mass is 10.1. The third-order valence-electron chi connectivity index (χ3n) is 1.78. The van der Waals surface area contributed by atoms with Crippen molar-refractivity contribution >= 4 is 6.03 Å². The second-order valence-corrected chi connectivity index (χ2v) is 3.81. The van der Waals surface area contributed by atoms with Crippen LogP contribution >= 0.6 is 0 Å². The molecule has 0 aromatic heterocycles. The topological polar surface area (TPSA) is 41.1 Å². The van der Waals surface area contributed by atoms with Gasteiger partial charge in [0.1, 0.15) is 0 Å². The number of carbonyl (C=O) groups is 1. The first kappa shape index (κ1) is 11.3. The summed E-state index contributed by atoms with van der Waals surface area (Å²) in [4.78, 5) is 11.1. The normalized spacial score (nSPS) is 13.2. The third kappa shape index (κ3) is 4.99. The van der Waals surface area contributed by atoms with Gasteiger partial charge in [-0.15, -0.1) is 0 Å². The second-order valence-electron chi connectivity index (χ2n) is 3.81. The van der Waals surface area contributed by atoms with Gasteiger partial charge in [-0.1, -0.05) is 13.8 Å². The van der Waals surface area contributed by atoms with Crippen LogP contribution in [0.15, 0.2) is 0 Å². The molecule has 0 saturated carbocycles. The number of amides is 2. The summed E-state index contributed by atoms with van der Waals surface area (Å²) in [6.07, 6.45) is 0. The molecule has 0 spiro atoms. The lowest BCUT2D eigenvalue weighted by Crippen LogP contribution is -2.45. The Bertz CT molecular complexity index is 143. The van der Waals surface area contributed by atoms with Crippen molar-refractivity contribution in [2.24, 2.45) is 5.92 Å². The van der Waals surface area contributed by atoms with Gasteiger partial charge in [-0.2, -0.15) is 0 Å². The average Bonchev–Trinajstić information content (AvgIpc) is 1.84. The number of hydrogen-bond acceptors (Lipinski definition) is 1. The zero-order valence-corrected chi connectivity index (χ0v) is 8.64. The van der Waals surface area contributed by atoms with Gasteiger partial charge in [0.15, 0.2) is 0 Å². The molecule has 1 atom stereocenters. The Morgan fingerprint density at radius 1 is 1.00 bits per heavy atom. The zero-order valence-electron chi connectivity index (χ0n) is 8.64. The number of rotatable bonds is 3. The maximum Gasteiger partial charge on any atom is 0.315 e. The summed E-state index contributed by atoms with van der Waals surface area (Å²) in [5.74, 6) is 0.475. The van der Waals surface area contributed by atoms with Crippen LogP contribution < -0.4 is 10.6 Å². The van der Waals surface area contributed by atoms with Gasteiger partial charge in [-0.3, -0.25) is 0 Å². The van der Waals surface area contributed by atoms with Gasteiger partial charge in [-0.05, 0) is 26.7 Å². The molecule has 0 aromatic carbocycles. The van der Waals surface area contributed by atoms with Crippen LogP contribution in [-0.4, -0.2) is 18.1 Å². The molecule has 0 aliphatic heterocycles. The van der Waals surface area contributed by atoms with E-state index in [-0.39, 0.29) is 18.1 Å². The molecule has 0 aromatic rings. The molecule has 0 saturated heterocycles. The molecule has 2 amide bonds. The van der Waals surface area contributed by atoms with Crippen molar-refractivity contribution in [3.05, 3.63) is 0 Å². The molecule has 1 unspecified atom stereocenters. The minimum Gasteiger partial charge on any atom is -0.336 e. The molecule has 0 radical (unpaired) electrons. The van der Waals surface area contributed by atoms with Gasteiger partial charge in [0.2, 0.25) is 0 Å². The fourth-order valence-corrected chi connectivity index (χ4v) is 0.677. The highest BCUT2D eigenvalue weighted by Gasteiger charge is 2.10. The van der Waals surface area contributed by atoms with Crippen molar-refractivity contribution in [2.75, 3.05) is 0 Å². The minimum absolute atomic E-state index is 0.0776. The van der Waals surface area contributed by atoms with Crippen molar-refractivity contribution in [1.29, 1.82) is 0 Å². The summed E-state index contributed by atoms with van der Waals surface area (Å²) in [7, 11) is 0. The van der Waals surface area contributed by atoms with Gasteiger partial charge < -0.3 is 10.6 Å². The summed E-state index contributed by atoms with van der Waals surface area (Å²) in [6.45, 7) is 10.1. The van der Waals surface area contributed by atoms with Crippen LogP contribution in [0.1, 0.15) is 34.6 Å². The van der Waals surface area contributed by atoms with Gasteiger partial charge in [0.05, 0.1) is 0 Å². The van der Waals surface area contributed by atoms with Crippen LogP contribution in [0.3, 0.4) is 0 Å². The Morgan fingerprint density at radius 3 is 1.83 bits per heavy atom. The van der Waals surface area contributed by atoms with Crippen LogP contribution in [0, 0.1) is 5.92 Å². The SMILES string of the molecule is CC(C)NC(=O)NC(C)C(C)C. The third-order valence-corrected chi connectivity index (χ3v) is 1.78. The molecule has 0 rings (SSSR count). The van der Waals surface area contributed by atoms with Crippen LogP contribution in [0.2, 0.25) is 0 Å². The molecular weight excluding hydrogens is 152 g/mol. The van der Waals surface area contributed by atoms with Gasteiger partial charge in [0.25, 0.3) is 0 Å². The van der Waals surface area contributed by atoms with E-state index in [1.54, 1.807) is 0 Å². The first-order valence-corrected chi connectivity index (χ1v) is 4.50. The van der Waals surface area contributed by atoms with E-state index in [0.29, 0.717) is 5.92 Å². The standard InChI is InChI=1S/C9H20N2O/c1-6(2)8(5)11-9(12)10-7(3)4/h6-8H,1-5H3,(H2,10,11,12). The molecule has 0 bridgehead atoms. The Hall–Kier alpha value is -0.730. The first-order chi connectivity index (χ1) is 5.43. The summed E-state index contributed by atoms with van der Waals surface area (Å²) in [5.41, 5.74) is 0. The molecule has 2 N–H and O–H groups in total. The fourth-order valence-electron chi connectivity index (χ4n) is 0.677. The van der Waals surface area contributed by atoms with Crippen LogP contribution in [0.25, 0.3) is 0 Å². The van der Waals surface area contributed by atoms with E-state index in [1.807, 2.05) is 20.8 Å². The molecule has 3 heteroatoms. The van der Waals surface area contributed by atoms with E-state index >= 15 is 0 Å². The van der Waals surface area contributed by atoms with E-state index in [0.717, 1.165) is 0 Å². The highest BCUT2D eigenvalue weighted by atomic mass is 16.2. The maximum atomic E-state index is 11.1. The Morgan fingerprint density at radius 2 is 1.50 bits per heavy atom. The largest absolute Gasteiger partial charge is 0.336 e. The molecule has 72 valence electrons. The van der Waals surface area contributed by atoms with E-state index in [9.17, 15) is 4.79 Å². The number of hydrogen-bond donors (Lipinski definition) is 2. The summed E-state index contributed by atoms with van der Waals surface area (Å²) < 4.78 is 0. The number of carbonyl (C=O) groups excluding carboxylic acids is 1. The van der Waals surface area contributed by atoms with Crippen molar-refractivity contribution in [3.63, 3.8) is 0 Å². The van der Waals surface area contributed by atoms with Gasteiger partial charge in [-0.25, -0.2) is 4.79 Å². The van der Waals surface area contributed by atoms with Crippen LogP contribution in [-0.2, 0) is 0 Å². The second kappa shape index (κ2) is 5.01. The highest BCUT2D eigenvalue weighted by molar-refractivity contribution is 5.74. The summed E-state index contributed by atoms with van der Waals surface area (Å²) in [5, 5.41) is 5.64. The average molecular weight is 172 g/mol. The zero-order chi connectivity index (χ0) is 9.72. The van der Waals surface area contributed by atoms with E-state index < -0.39 is 0 Å². The summed E-state index contributed by atoms with van der Waals surface area (Å²) >= 11 is 0. The summed E-state index contributed by atoms with van der Waals surface area (Å²) in [6, 6.07) is 0.347. The number of nitrogens with one attached hydrogen (secondary N) is 2. The number of urea groups is 1. The molecule has 0 aliphatic carbocycles. The van der Waals surface area contributed by atoms with E-state index in [4.69, 9.17) is 0 Å². The molecule has 0 aliphatic rings. The quantitative estimate of drug-likeness (QED) is 0.669. The maximum absolute atomic E-state index is 11.1. The fraction of sp³-hybridized carbons (Fsp3) is 0.889. The molecule has 0 heterocycles. The lowest BCUT2D eigenvalue weighted by molar-refractivity contribution is 0.232. The van der Waals surface area contributed by atoms with E-state index in [2.05, 4.69) is 24.5 Å². The molecular formula is C9H20N2O. The van der Waals surface area contributed by atoms with Crippen LogP contribution in [0.4, 0.5) is 4.79 Å². The molecule has 0 fully saturated rings. The van der Waals surface area contributed by atoms with Crippen molar-refractivity contribution in [3.8, 4) is 0 Å². The van der Waals surface area contributed by atoms with E-state index in [1.165, 1.54) is 0 Å². The van der Waals surface area contributed by atoms with Crippen molar-refractivity contribution in [1.82, 2.24) is 10.6 Å². The highest BCUT2D eigenvalue weighted by Crippen LogP contribution is 1.98. The predicted molar refractivity (Wildman–Crippen MR) is 51.1 cm³/mol. The van der Waals surface area contributed by atoms with Gasteiger partial charge in [0, 0.05) is 12.1 Å². The van der Waals surface area contributed by atoms with Crippen molar-refractivity contribution in [2.45, 2.75) is 46.7 Å². The Balaban J connectivity index is 3.69. The Kier molecular flexibility index (Phi) is 4.71. The Labute approximate surface area is 74.9 Å². The monoisotopic (exact) mass is 172 g/mol. The molecule has 3 nitrogen and oxygen atoms in total. The van der Waals surface area contributed by atoms with Crippen LogP contribution in [0.5, 0.6) is 0 Å². The minimum atomic E-state index is -0.0776. The predicted octanol–water partition coefficient (Wildman–Crippen LogP) is 1.74. The smallest absolute Gasteiger partial charge is 0.315 e.